The Kier molecular flexibility index (Phi) is 4.66. The highest BCUT2D eigenvalue weighted by atomic mass is 19.1. The second kappa shape index (κ2) is 7.28. The zero-order chi connectivity index (χ0) is 19.7. The van der Waals surface area contributed by atoms with E-state index in [1.807, 2.05) is 48.1 Å². The van der Waals surface area contributed by atoms with Crippen molar-refractivity contribution in [3.63, 3.8) is 0 Å². The van der Waals surface area contributed by atoms with Crippen LogP contribution in [0, 0.1) is 17.1 Å². The summed E-state index contributed by atoms with van der Waals surface area (Å²) >= 11 is 0. The van der Waals surface area contributed by atoms with Gasteiger partial charge in [-0.05, 0) is 24.6 Å². The minimum atomic E-state index is -0.655. The van der Waals surface area contributed by atoms with Gasteiger partial charge < -0.3 is 4.90 Å². The van der Waals surface area contributed by atoms with Gasteiger partial charge in [-0.3, -0.25) is 9.48 Å². The number of hydrogen-bond donors (Lipinski definition) is 0. The molecule has 4 rings (SSSR count). The third-order valence-corrected chi connectivity index (χ3v) is 5.19. The molecule has 6 heteroatoms. The largest absolute Gasteiger partial charge is 0.338 e. The van der Waals surface area contributed by atoms with E-state index < -0.39 is 5.82 Å². The fourth-order valence-corrected chi connectivity index (χ4v) is 3.74. The smallest absolute Gasteiger partial charge is 0.256 e. The van der Waals surface area contributed by atoms with Crippen LogP contribution in [0.15, 0.2) is 48.5 Å². The molecule has 1 aromatic heterocycles. The number of halogens is 1. The molecule has 3 aromatic rings. The Balaban J connectivity index is 1.60. The normalized spacial score (nSPS) is 13.5. The molecule has 0 bridgehead atoms. The van der Waals surface area contributed by atoms with E-state index in [0.29, 0.717) is 25.9 Å². The van der Waals surface area contributed by atoms with Gasteiger partial charge in [0.15, 0.2) is 0 Å². The topological polar surface area (TPSA) is 61.9 Å². The third-order valence-electron chi connectivity index (χ3n) is 5.19. The summed E-state index contributed by atoms with van der Waals surface area (Å²) in [4.78, 5) is 14.5. The van der Waals surface area contributed by atoms with E-state index in [1.165, 1.54) is 12.1 Å². The molecular formula is C22H19FN4O. The molecule has 0 atom stereocenters. The van der Waals surface area contributed by atoms with Crippen molar-refractivity contribution in [3.8, 4) is 17.3 Å². The second-order valence-corrected chi connectivity index (χ2v) is 6.86. The first-order valence-corrected chi connectivity index (χ1v) is 9.17. The molecule has 1 aliphatic rings. The third kappa shape index (κ3) is 3.16. The number of benzene rings is 2. The lowest BCUT2D eigenvalue weighted by molar-refractivity contribution is 0.0758. The van der Waals surface area contributed by atoms with Crippen molar-refractivity contribution in [2.75, 3.05) is 13.1 Å². The predicted molar refractivity (Wildman–Crippen MR) is 103 cm³/mol. The fraction of sp³-hybridized carbons (Fsp3) is 0.227. The number of carbonyl (C=O) groups excluding carboxylic acids is 1. The first kappa shape index (κ1) is 17.9. The molecule has 1 aliphatic heterocycles. The van der Waals surface area contributed by atoms with Gasteiger partial charge in [0, 0.05) is 43.4 Å². The Hall–Kier alpha value is -3.46. The summed E-state index contributed by atoms with van der Waals surface area (Å²) in [5.74, 6) is -0.999. The number of rotatable bonds is 2. The maximum absolute atomic E-state index is 14.3. The van der Waals surface area contributed by atoms with Gasteiger partial charge in [0.25, 0.3) is 5.91 Å². The van der Waals surface area contributed by atoms with Crippen LogP contribution in [-0.2, 0) is 19.9 Å². The number of aromatic nitrogens is 2. The van der Waals surface area contributed by atoms with Gasteiger partial charge in [0.1, 0.15) is 5.82 Å². The highest BCUT2D eigenvalue weighted by molar-refractivity contribution is 5.94. The van der Waals surface area contributed by atoms with Crippen molar-refractivity contribution in [2.45, 2.75) is 12.8 Å². The molecule has 140 valence electrons. The molecular weight excluding hydrogens is 355 g/mol. The van der Waals surface area contributed by atoms with Crippen molar-refractivity contribution in [1.82, 2.24) is 14.7 Å². The van der Waals surface area contributed by atoms with Crippen LogP contribution in [0.3, 0.4) is 0 Å². The number of hydrogen-bond acceptors (Lipinski definition) is 3. The quantitative estimate of drug-likeness (QED) is 0.691. The number of amides is 1. The minimum absolute atomic E-state index is 0.00589. The van der Waals surface area contributed by atoms with E-state index in [0.717, 1.165) is 28.6 Å². The second-order valence-electron chi connectivity index (χ2n) is 6.86. The van der Waals surface area contributed by atoms with Gasteiger partial charge in [-0.25, -0.2) is 4.39 Å². The van der Waals surface area contributed by atoms with E-state index in [1.54, 1.807) is 4.90 Å². The average Bonchev–Trinajstić information content (AvgIpc) is 2.89. The summed E-state index contributed by atoms with van der Waals surface area (Å²) in [6.45, 7) is 0.996. The number of nitrogens with zero attached hydrogens (tertiary/aromatic N) is 4. The summed E-state index contributed by atoms with van der Waals surface area (Å²) in [6.07, 6.45) is 1.33. The SMILES string of the molecule is Cn1nc(-c2ccccc2)c2c1CCN(C(=O)c1ccc(C#N)cc1F)CC2. The summed E-state index contributed by atoms with van der Waals surface area (Å²) in [7, 11) is 1.92. The van der Waals surface area contributed by atoms with Gasteiger partial charge >= 0.3 is 0 Å². The molecule has 28 heavy (non-hydrogen) atoms. The van der Waals surface area contributed by atoms with Crippen molar-refractivity contribution in [2.24, 2.45) is 7.05 Å². The molecule has 0 spiro atoms. The van der Waals surface area contributed by atoms with Crippen LogP contribution in [0.1, 0.15) is 27.2 Å². The Morgan fingerprint density at radius 3 is 2.61 bits per heavy atom. The van der Waals surface area contributed by atoms with Crippen molar-refractivity contribution < 1.29 is 9.18 Å². The van der Waals surface area contributed by atoms with Crippen molar-refractivity contribution >= 4 is 5.91 Å². The molecule has 0 unspecified atom stereocenters. The number of aryl methyl sites for hydroxylation is 1. The van der Waals surface area contributed by atoms with E-state index in [2.05, 4.69) is 5.10 Å². The van der Waals surface area contributed by atoms with Gasteiger partial charge in [0.05, 0.1) is 22.9 Å². The lowest BCUT2D eigenvalue weighted by Gasteiger charge is -2.21. The maximum atomic E-state index is 14.3. The molecule has 0 saturated carbocycles. The highest BCUT2D eigenvalue weighted by Crippen LogP contribution is 2.28. The monoisotopic (exact) mass is 374 g/mol. The van der Waals surface area contributed by atoms with Gasteiger partial charge in [-0.1, -0.05) is 30.3 Å². The lowest BCUT2D eigenvalue weighted by atomic mass is 10.0. The molecule has 0 fully saturated rings. The summed E-state index contributed by atoms with van der Waals surface area (Å²) in [6, 6.07) is 15.9. The molecule has 5 nitrogen and oxygen atoms in total. The van der Waals surface area contributed by atoms with E-state index in [-0.39, 0.29) is 17.0 Å². The Morgan fingerprint density at radius 2 is 1.89 bits per heavy atom. The zero-order valence-corrected chi connectivity index (χ0v) is 15.5. The standard InChI is InChI=1S/C22H19FN4O/c1-26-20-10-12-27(22(28)17-8-7-15(14-24)13-19(17)23)11-9-18(20)21(25-26)16-5-3-2-4-6-16/h2-8,13H,9-12H2,1H3. The fourth-order valence-electron chi connectivity index (χ4n) is 3.74. The predicted octanol–water partition coefficient (Wildman–Crippen LogP) is 3.34. The van der Waals surface area contributed by atoms with E-state index >= 15 is 0 Å². The van der Waals surface area contributed by atoms with Crippen LogP contribution in [0.25, 0.3) is 11.3 Å². The summed E-state index contributed by atoms with van der Waals surface area (Å²) < 4.78 is 16.2. The molecule has 0 radical (unpaired) electrons. The Labute approximate surface area is 162 Å². The van der Waals surface area contributed by atoms with Crippen LogP contribution >= 0.6 is 0 Å². The minimum Gasteiger partial charge on any atom is -0.338 e. The van der Waals surface area contributed by atoms with Crippen molar-refractivity contribution in [1.29, 1.82) is 5.26 Å². The van der Waals surface area contributed by atoms with Crippen LogP contribution in [0.2, 0.25) is 0 Å². The van der Waals surface area contributed by atoms with Crippen LogP contribution < -0.4 is 0 Å². The zero-order valence-electron chi connectivity index (χ0n) is 15.5. The number of nitriles is 1. The lowest BCUT2D eigenvalue weighted by Crippen LogP contribution is -2.34. The summed E-state index contributed by atoms with van der Waals surface area (Å²) in [5, 5.41) is 13.6. The molecule has 2 aromatic carbocycles. The van der Waals surface area contributed by atoms with Gasteiger partial charge in [-0.2, -0.15) is 10.4 Å². The molecule has 1 amide bonds. The molecule has 0 aliphatic carbocycles. The molecule has 2 heterocycles. The first-order chi connectivity index (χ1) is 13.6. The first-order valence-electron chi connectivity index (χ1n) is 9.17. The highest BCUT2D eigenvalue weighted by Gasteiger charge is 2.26. The van der Waals surface area contributed by atoms with E-state index in [9.17, 15) is 9.18 Å². The number of carbonyl (C=O) groups is 1. The average molecular weight is 374 g/mol. The van der Waals surface area contributed by atoms with Crippen LogP contribution in [0.4, 0.5) is 4.39 Å². The van der Waals surface area contributed by atoms with Crippen LogP contribution in [-0.4, -0.2) is 33.7 Å². The Morgan fingerprint density at radius 1 is 1.14 bits per heavy atom. The Bertz CT molecular complexity index is 1080. The maximum Gasteiger partial charge on any atom is 0.256 e. The molecule has 0 N–H and O–H groups in total. The summed E-state index contributed by atoms with van der Waals surface area (Å²) in [5.41, 5.74) is 4.45. The van der Waals surface area contributed by atoms with Crippen LogP contribution in [0.5, 0.6) is 0 Å². The van der Waals surface area contributed by atoms with Gasteiger partial charge in [0.2, 0.25) is 0 Å². The molecule has 0 saturated heterocycles. The van der Waals surface area contributed by atoms with E-state index in [4.69, 9.17) is 5.26 Å². The van der Waals surface area contributed by atoms with Crippen molar-refractivity contribution in [3.05, 3.63) is 76.7 Å². The number of fused-ring (bicyclic) bond motifs is 1. The van der Waals surface area contributed by atoms with Gasteiger partial charge in [-0.15, -0.1) is 0 Å².